The van der Waals surface area contributed by atoms with Gasteiger partial charge in [-0.3, -0.25) is 0 Å². The standard InChI is InChI=1S/C28H34O6/c1-7-19-9-11-21-23(13-19)27(31-15-25(29)33-17(3)4)22-12-10-20(8-2)14-24(22)28(21)32-16-26(30)34-18(5)6/h9-14,17-18H,7-8,15-16H2,1-6H3. The lowest BCUT2D eigenvalue weighted by molar-refractivity contribution is -0.150. The number of fused-ring (bicyclic) bond motifs is 2. The third-order valence-electron chi connectivity index (χ3n) is 5.37. The predicted molar refractivity (Wildman–Crippen MR) is 134 cm³/mol. The lowest BCUT2D eigenvalue weighted by Crippen LogP contribution is -2.19. The van der Waals surface area contributed by atoms with E-state index in [-0.39, 0.29) is 25.4 Å². The van der Waals surface area contributed by atoms with Gasteiger partial charge in [0.05, 0.1) is 12.2 Å². The van der Waals surface area contributed by atoms with Crippen molar-refractivity contribution in [2.75, 3.05) is 13.2 Å². The van der Waals surface area contributed by atoms with Gasteiger partial charge in [-0.1, -0.05) is 38.1 Å². The Morgan fingerprint density at radius 3 is 1.35 bits per heavy atom. The van der Waals surface area contributed by atoms with E-state index in [0.29, 0.717) is 11.5 Å². The van der Waals surface area contributed by atoms with Gasteiger partial charge >= 0.3 is 11.9 Å². The monoisotopic (exact) mass is 466 g/mol. The zero-order valence-corrected chi connectivity index (χ0v) is 20.9. The Balaban J connectivity index is 2.17. The minimum atomic E-state index is -0.426. The van der Waals surface area contributed by atoms with Gasteiger partial charge < -0.3 is 18.9 Å². The van der Waals surface area contributed by atoms with Crippen LogP contribution in [0.4, 0.5) is 0 Å². The molecule has 0 radical (unpaired) electrons. The summed E-state index contributed by atoms with van der Waals surface area (Å²) in [5, 5.41) is 3.26. The van der Waals surface area contributed by atoms with E-state index in [2.05, 4.69) is 13.8 Å². The molecule has 0 N–H and O–H groups in total. The lowest BCUT2D eigenvalue weighted by Gasteiger charge is -2.19. The van der Waals surface area contributed by atoms with Crippen LogP contribution < -0.4 is 9.47 Å². The average molecular weight is 467 g/mol. The van der Waals surface area contributed by atoms with Crippen LogP contribution in [0, 0.1) is 0 Å². The summed E-state index contributed by atoms with van der Waals surface area (Å²) < 4.78 is 22.7. The van der Waals surface area contributed by atoms with E-state index in [1.807, 2.05) is 36.4 Å². The summed E-state index contributed by atoms with van der Waals surface area (Å²) in [5.41, 5.74) is 2.24. The van der Waals surface area contributed by atoms with E-state index in [0.717, 1.165) is 45.5 Å². The van der Waals surface area contributed by atoms with Crippen LogP contribution in [0.25, 0.3) is 21.5 Å². The number of rotatable bonds is 10. The molecule has 0 aliphatic carbocycles. The number of carbonyl (C=O) groups excluding carboxylic acids is 2. The first-order valence-corrected chi connectivity index (χ1v) is 11.9. The highest BCUT2D eigenvalue weighted by Gasteiger charge is 2.20. The van der Waals surface area contributed by atoms with Crippen molar-refractivity contribution in [2.24, 2.45) is 0 Å². The summed E-state index contributed by atoms with van der Waals surface area (Å²) in [6.45, 7) is 11.0. The Bertz CT molecular complexity index is 1090. The summed E-state index contributed by atoms with van der Waals surface area (Å²) >= 11 is 0. The highest BCUT2D eigenvalue weighted by molar-refractivity contribution is 6.11. The van der Waals surface area contributed by atoms with Gasteiger partial charge in [0.15, 0.2) is 13.2 Å². The number of benzene rings is 3. The van der Waals surface area contributed by atoms with Crippen molar-refractivity contribution in [1.82, 2.24) is 0 Å². The van der Waals surface area contributed by atoms with Gasteiger partial charge in [0, 0.05) is 21.5 Å². The smallest absolute Gasteiger partial charge is 0.344 e. The van der Waals surface area contributed by atoms with Gasteiger partial charge in [-0.2, -0.15) is 0 Å². The molecule has 3 aromatic carbocycles. The summed E-state index contributed by atoms with van der Waals surface area (Å²) in [7, 11) is 0. The Morgan fingerprint density at radius 2 is 1.03 bits per heavy atom. The molecule has 3 aromatic rings. The molecular formula is C28H34O6. The van der Waals surface area contributed by atoms with Crippen LogP contribution in [0.1, 0.15) is 52.7 Å². The van der Waals surface area contributed by atoms with E-state index in [9.17, 15) is 9.59 Å². The molecule has 0 heterocycles. The molecule has 3 rings (SSSR count). The molecule has 6 nitrogen and oxygen atoms in total. The maximum absolute atomic E-state index is 12.2. The van der Waals surface area contributed by atoms with Gasteiger partial charge in [0.2, 0.25) is 0 Å². The average Bonchev–Trinajstić information content (AvgIpc) is 2.79. The maximum atomic E-state index is 12.2. The van der Waals surface area contributed by atoms with Gasteiger partial charge in [0.25, 0.3) is 0 Å². The quantitative estimate of drug-likeness (QED) is 0.279. The fourth-order valence-electron chi connectivity index (χ4n) is 3.85. The second-order valence-electron chi connectivity index (χ2n) is 8.78. The molecular weight excluding hydrogens is 432 g/mol. The van der Waals surface area contributed by atoms with Gasteiger partial charge in [-0.25, -0.2) is 9.59 Å². The number of hydrogen-bond donors (Lipinski definition) is 0. The minimum Gasteiger partial charge on any atom is -0.481 e. The summed E-state index contributed by atoms with van der Waals surface area (Å²) in [4.78, 5) is 24.5. The fraction of sp³-hybridized carbons (Fsp3) is 0.429. The van der Waals surface area contributed by atoms with Gasteiger partial charge in [-0.05, 0) is 63.8 Å². The number of carbonyl (C=O) groups is 2. The van der Waals surface area contributed by atoms with Crippen LogP contribution in [-0.4, -0.2) is 37.4 Å². The van der Waals surface area contributed by atoms with Crippen molar-refractivity contribution in [3.63, 3.8) is 0 Å². The number of hydrogen-bond acceptors (Lipinski definition) is 6. The molecule has 0 bridgehead atoms. The molecule has 0 saturated carbocycles. The second kappa shape index (κ2) is 11.2. The topological polar surface area (TPSA) is 71.1 Å². The number of ether oxygens (including phenoxy) is 4. The zero-order valence-electron chi connectivity index (χ0n) is 20.9. The Morgan fingerprint density at radius 1 is 0.647 bits per heavy atom. The Kier molecular flexibility index (Phi) is 8.37. The van der Waals surface area contributed by atoms with Crippen molar-refractivity contribution in [3.8, 4) is 11.5 Å². The molecule has 0 unspecified atom stereocenters. The van der Waals surface area contributed by atoms with E-state index < -0.39 is 11.9 Å². The van der Waals surface area contributed by atoms with Gasteiger partial charge in [0.1, 0.15) is 11.5 Å². The van der Waals surface area contributed by atoms with E-state index in [4.69, 9.17) is 18.9 Å². The molecule has 0 aliphatic rings. The second-order valence-corrected chi connectivity index (χ2v) is 8.78. The molecule has 0 aromatic heterocycles. The van der Waals surface area contributed by atoms with Crippen LogP contribution in [0.15, 0.2) is 36.4 Å². The molecule has 0 spiro atoms. The van der Waals surface area contributed by atoms with Crippen LogP contribution in [-0.2, 0) is 31.9 Å². The largest absolute Gasteiger partial charge is 0.481 e. The summed E-state index contributed by atoms with van der Waals surface area (Å²) in [6.07, 6.45) is 1.25. The van der Waals surface area contributed by atoms with Crippen LogP contribution in [0.2, 0.25) is 0 Å². The molecule has 6 heteroatoms. The van der Waals surface area contributed by atoms with Crippen LogP contribution in [0.5, 0.6) is 11.5 Å². The van der Waals surface area contributed by atoms with Crippen LogP contribution in [0.3, 0.4) is 0 Å². The Labute approximate surface area is 201 Å². The molecule has 0 aliphatic heterocycles. The predicted octanol–water partition coefficient (Wildman–Crippen LogP) is 5.78. The van der Waals surface area contributed by atoms with Crippen molar-refractivity contribution in [1.29, 1.82) is 0 Å². The molecule has 182 valence electrons. The first-order chi connectivity index (χ1) is 16.2. The fourth-order valence-corrected chi connectivity index (χ4v) is 3.85. The first kappa shape index (κ1) is 25.3. The molecule has 0 atom stereocenters. The van der Waals surface area contributed by atoms with Crippen molar-refractivity contribution in [3.05, 3.63) is 47.5 Å². The summed E-state index contributed by atoms with van der Waals surface area (Å²) in [6, 6.07) is 12.1. The summed E-state index contributed by atoms with van der Waals surface area (Å²) in [5.74, 6) is 0.344. The third-order valence-corrected chi connectivity index (χ3v) is 5.37. The molecule has 0 amide bonds. The maximum Gasteiger partial charge on any atom is 0.344 e. The highest BCUT2D eigenvalue weighted by Crippen LogP contribution is 2.43. The molecule has 0 fully saturated rings. The number of aryl methyl sites for hydroxylation is 2. The normalized spacial score (nSPS) is 11.3. The highest BCUT2D eigenvalue weighted by atomic mass is 16.6. The van der Waals surface area contributed by atoms with Crippen molar-refractivity contribution >= 4 is 33.5 Å². The first-order valence-electron chi connectivity index (χ1n) is 11.9. The van der Waals surface area contributed by atoms with E-state index in [1.54, 1.807) is 27.7 Å². The number of esters is 2. The van der Waals surface area contributed by atoms with Crippen molar-refractivity contribution < 1.29 is 28.5 Å². The Hall–Kier alpha value is -3.28. The van der Waals surface area contributed by atoms with Crippen LogP contribution >= 0.6 is 0 Å². The van der Waals surface area contributed by atoms with Gasteiger partial charge in [-0.15, -0.1) is 0 Å². The zero-order chi connectivity index (χ0) is 24.8. The minimum absolute atomic E-state index is 0.199. The third kappa shape index (κ3) is 5.99. The van der Waals surface area contributed by atoms with E-state index in [1.165, 1.54) is 0 Å². The lowest BCUT2D eigenvalue weighted by atomic mass is 9.96. The molecule has 34 heavy (non-hydrogen) atoms. The van der Waals surface area contributed by atoms with E-state index >= 15 is 0 Å². The van der Waals surface area contributed by atoms with Crippen molar-refractivity contribution in [2.45, 2.75) is 66.6 Å². The molecule has 0 saturated heterocycles. The SMILES string of the molecule is CCc1ccc2c(OCC(=O)OC(C)C)c3cc(CC)ccc3c(OCC(=O)OC(C)C)c2c1.